The van der Waals surface area contributed by atoms with Crippen LogP contribution in [0.15, 0.2) is 0 Å². The molecule has 0 atom stereocenters. The molecule has 0 saturated heterocycles. The van der Waals surface area contributed by atoms with Crippen LogP contribution in [0.3, 0.4) is 0 Å². The first-order chi connectivity index (χ1) is 9.24. The Kier molecular flexibility index (Phi) is 5.06. The van der Waals surface area contributed by atoms with Crippen LogP contribution in [-0.2, 0) is 4.79 Å². The highest BCUT2D eigenvalue weighted by molar-refractivity contribution is 5.86. The summed E-state index contributed by atoms with van der Waals surface area (Å²) in [6, 6.07) is 0.189. The fourth-order valence-electron chi connectivity index (χ4n) is 1.25. The van der Waals surface area contributed by atoms with Gasteiger partial charge in [-0.25, -0.2) is 0 Å². The minimum atomic E-state index is -0.972. The van der Waals surface area contributed by atoms with Gasteiger partial charge in [0.1, 0.15) is 5.54 Å². The molecule has 0 radical (unpaired) electrons. The van der Waals surface area contributed by atoms with Crippen LogP contribution in [0, 0.1) is 0 Å². The Morgan fingerprint density at radius 3 is 2.40 bits per heavy atom. The van der Waals surface area contributed by atoms with Gasteiger partial charge in [-0.15, -0.1) is 0 Å². The number of nitrogens with two attached hydrogens (primary N) is 1. The van der Waals surface area contributed by atoms with Crippen molar-refractivity contribution < 1.29 is 9.53 Å². The van der Waals surface area contributed by atoms with Crippen LogP contribution in [0.5, 0.6) is 6.01 Å². The van der Waals surface area contributed by atoms with Crippen molar-refractivity contribution in [3.05, 3.63) is 0 Å². The van der Waals surface area contributed by atoms with Gasteiger partial charge in [-0.2, -0.15) is 15.0 Å². The Labute approximate surface area is 118 Å². The smallest absolute Gasteiger partial charge is 0.323 e. The van der Waals surface area contributed by atoms with Gasteiger partial charge in [-0.05, 0) is 34.6 Å². The number of rotatable bonds is 7. The second kappa shape index (κ2) is 6.36. The first-order valence-corrected chi connectivity index (χ1v) is 6.49. The Balaban J connectivity index is 3.05. The van der Waals surface area contributed by atoms with E-state index in [1.54, 1.807) is 13.8 Å². The van der Waals surface area contributed by atoms with Crippen LogP contribution < -0.4 is 21.1 Å². The number of ether oxygens (including phenoxy) is 1. The molecule has 0 unspecified atom stereocenters. The lowest BCUT2D eigenvalue weighted by Gasteiger charge is -2.22. The molecule has 0 bridgehead atoms. The topological polar surface area (TPSA) is 115 Å². The highest BCUT2D eigenvalue weighted by Crippen LogP contribution is 2.16. The second-order valence-corrected chi connectivity index (χ2v) is 5.08. The zero-order chi connectivity index (χ0) is 15.3. The molecule has 4 N–H and O–H groups in total. The lowest BCUT2D eigenvalue weighted by Crippen LogP contribution is -2.45. The molecular weight excluding hydrogens is 260 g/mol. The van der Waals surface area contributed by atoms with Crippen molar-refractivity contribution in [2.45, 2.75) is 46.3 Å². The van der Waals surface area contributed by atoms with Crippen molar-refractivity contribution in [3.63, 3.8) is 0 Å². The van der Waals surface area contributed by atoms with Gasteiger partial charge < -0.3 is 21.1 Å². The predicted molar refractivity (Wildman–Crippen MR) is 76.7 cm³/mol. The van der Waals surface area contributed by atoms with Crippen LogP contribution in [0.1, 0.15) is 34.6 Å². The van der Waals surface area contributed by atoms with Crippen LogP contribution >= 0.6 is 0 Å². The van der Waals surface area contributed by atoms with Crippen LogP contribution in [0.2, 0.25) is 0 Å². The number of carbonyl (C=O) groups is 1. The summed E-state index contributed by atoms with van der Waals surface area (Å²) in [7, 11) is 0. The summed E-state index contributed by atoms with van der Waals surface area (Å²) in [4.78, 5) is 23.8. The summed E-state index contributed by atoms with van der Waals surface area (Å²) in [6.07, 6.45) is -0.0659. The summed E-state index contributed by atoms with van der Waals surface area (Å²) in [5.74, 6) is 0.102. The minimum Gasteiger partial charge on any atom is -0.461 e. The summed E-state index contributed by atoms with van der Waals surface area (Å²) in [6.45, 7) is 9.62. The number of aromatic nitrogens is 3. The van der Waals surface area contributed by atoms with Crippen LogP contribution in [0.25, 0.3) is 0 Å². The van der Waals surface area contributed by atoms with E-state index in [9.17, 15) is 4.79 Å². The molecule has 0 aromatic carbocycles. The molecule has 0 spiro atoms. The van der Waals surface area contributed by atoms with Crippen molar-refractivity contribution in [2.24, 2.45) is 5.73 Å². The zero-order valence-corrected chi connectivity index (χ0v) is 12.5. The zero-order valence-electron chi connectivity index (χ0n) is 12.5. The monoisotopic (exact) mass is 282 g/mol. The van der Waals surface area contributed by atoms with Crippen LogP contribution in [0.4, 0.5) is 11.9 Å². The SMILES string of the molecule is CCNc1nc(NC(C)(C)C(N)=O)nc(OC(C)C)n1. The first kappa shape index (κ1) is 15.9. The molecule has 1 aromatic rings. The van der Waals surface area contributed by atoms with Crippen molar-refractivity contribution in [2.75, 3.05) is 17.2 Å². The molecule has 0 aliphatic rings. The highest BCUT2D eigenvalue weighted by Gasteiger charge is 2.26. The summed E-state index contributed by atoms with van der Waals surface area (Å²) in [5, 5.41) is 5.85. The fourth-order valence-corrected chi connectivity index (χ4v) is 1.25. The molecule has 0 fully saturated rings. The average Bonchev–Trinajstić information content (AvgIpc) is 2.26. The molecule has 1 rings (SSSR count). The lowest BCUT2D eigenvalue weighted by atomic mass is 10.1. The van der Waals surface area contributed by atoms with Gasteiger partial charge in [0.15, 0.2) is 0 Å². The van der Waals surface area contributed by atoms with E-state index in [1.807, 2.05) is 20.8 Å². The molecule has 0 aliphatic heterocycles. The molecule has 8 nitrogen and oxygen atoms in total. The predicted octanol–water partition coefficient (Wildman–Crippen LogP) is 0.766. The maximum absolute atomic E-state index is 11.3. The largest absolute Gasteiger partial charge is 0.461 e. The van der Waals surface area contributed by atoms with E-state index in [1.165, 1.54) is 0 Å². The molecule has 112 valence electrons. The third-order valence-corrected chi connectivity index (χ3v) is 2.33. The molecule has 1 heterocycles. The molecular formula is C12H22N6O2. The third kappa shape index (κ3) is 4.52. The molecule has 8 heteroatoms. The summed E-state index contributed by atoms with van der Waals surface area (Å²) in [5.41, 5.74) is 4.34. The average molecular weight is 282 g/mol. The maximum atomic E-state index is 11.3. The molecule has 0 aliphatic carbocycles. The number of primary amides is 1. The van der Waals surface area contributed by atoms with E-state index in [0.717, 1.165) is 0 Å². The number of amides is 1. The number of nitrogens with zero attached hydrogens (tertiary/aromatic N) is 3. The van der Waals surface area contributed by atoms with Crippen molar-refractivity contribution in [1.82, 2.24) is 15.0 Å². The van der Waals surface area contributed by atoms with E-state index < -0.39 is 11.4 Å². The Hall–Kier alpha value is -2.12. The quantitative estimate of drug-likeness (QED) is 0.676. The normalized spacial score (nSPS) is 11.3. The van der Waals surface area contributed by atoms with E-state index in [2.05, 4.69) is 25.6 Å². The Morgan fingerprint density at radius 2 is 1.90 bits per heavy atom. The number of nitrogens with one attached hydrogen (secondary N) is 2. The van der Waals surface area contributed by atoms with Gasteiger partial charge >= 0.3 is 6.01 Å². The van der Waals surface area contributed by atoms with Crippen molar-refractivity contribution in [1.29, 1.82) is 0 Å². The number of hydrogen-bond donors (Lipinski definition) is 3. The van der Waals surface area contributed by atoms with Gasteiger partial charge in [0.25, 0.3) is 0 Å². The number of hydrogen-bond acceptors (Lipinski definition) is 7. The van der Waals surface area contributed by atoms with E-state index in [4.69, 9.17) is 10.5 Å². The third-order valence-electron chi connectivity index (χ3n) is 2.33. The summed E-state index contributed by atoms with van der Waals surface area (Å²) >= 11 is 0. The van der Waals surface area contributed by atoms with Gasteiger partial charge in [0, 0.05) is 6.54 Å². The van der Waals surface area contributed by atoms with Crippen molar-refractivity contribution >= 4 is 17.8 Å². The number of carbonyl (C=O) groups excluding carboxylic acids is 1. The lowest BCUT2D eigenvalue weighted by molar-refractivity contribution is -0.121. The van der Waals surface area contributed by atoms with Crippen LogP contribution in [-0.4, -0.2) is 39.0 Å². The van der Waals surface area contributed by atoms with E-state index >= 15 is 0 Å². The van der Waals surface area contributed by atoms with Gasteiger partial charge in [-0.3, -0.25) is 4.79 Å². The molecule has 20 heavy (non-hydrogen) atoms. The van der Waals surface area contributed by atoms with E-state index in [-0.39, 0.29) is 18.1 Å². The van der Waals surface area contributed by atoms with E-state index in [0.29, 0.717) is 12.5 Å². The fraction of sp³-hybridized carbons (Fsp3) is 0.667. The number of anilines is 2. The van der Waals surface area contributed by atoms with Gasteiger partial charge in [-0.1, -0.05) is 0 Å². The summed E-state index contributed by atoms with van der Waals surface area (Å²) < 4.78 is 5.46. The molecule has 1 aromatic heterocycles. The molecule has 1 amide bonds. The minimum absolute atomic E-state index is 0.0659. The maximum Gasteiger partial charge on any atom is 0.323 e. The van der Waals surface area contributed by atoms with Gasteiger partial charge in [0.2, 0.25) is 17.8 Å². The Bertz CT molecular complexity index is 475. The van der Waals surface area contributed by atoms with Gasteiger partial charge in [0.05, 0.1) is 6.10 Å². The standard InChI is InChI=1S/C12H22N6O2/c1-6-14-9-15-10(18-12(4,5)8(13)19)17-11(16-9)20-7(2)3/h7H,6H2,1-5H3,(H2,13,19)(H2,14,15,16,17,18). The van der Waals surface area contributed by atoms with Crippen molar-refractivity contribution in [3.8, 4) is 6.01 Å². The first-order valence-electron chi connectivity index (χ1n) is 6.49. The highest BCUT2D eigenvalue weighted by atomic mass is 16.5. The second-order valence-electron chi connectivity index (χ2n) is 5.08. The Morgan fingerprint density at radius 1 is 1.30 bits per heavy atom. The molecule has 0 saturated carbocycles.